The molecule has 1 aliphatic rings. The Labute approximate surface area is 136 Å². The highest BCUT2D eigenvalue weighted by Gasteiger charge is 2.29. The molecule has 0 atom stereocenters. The molecule has 0 unspecified atom stereocenters. The third-order valence-electron chi connectivity index (χ3n) is 3.88. The predicted molar refractivity (Wildman–Crippen MR) is 91.3 cm³/mol. The van der Waals surface area contributed by atoms with E-state index in [0.717, 1.165) is 16.7 Å². The first-order chi connectivity index (χ1) is 11.0. The number of hydrogen-bond donors (Lipinski definition) is 1. The van der Waals surface area contributed by atoms with Gasteiger partial charge in [0.05, 0.1) is 11.3 Å². The summed E-state index contributed by atoms with van der Waals surface area (Å²) >= 11 is 0. The van der Waals surface area contributed by atoms with Crippen molar-refractivity contribution < 1.29 is 9.53 Å². The van der Waals surface area contributed by atoms with Gasteiger partial charge in [0, 0.05) is 6.54 Å². The van der Waals surface area contributed by atoms with Crippen LogP contribution in [-0.2, 0) is 16.1 Å². The lowest BCUT2D eigenvalue weighted by molar-refractivity contribution is -0.131. The highest BCUT2D eigenvalue weighted by Crippen LogP contribution is 2.31. The van der Waals surface area contributed by atoms with Crippen LogP contribution in [0.3, 0.4) is 0 Å². The molecule has 2 aromatic carbocycles. The summed E-state index contributed by atoms with van der Waals surface area (Å²) in [6.45, 7) is 8.52. The van der Waals surface area contributed by atoms with E-state index in [9.17, 15) is 4.79 Å². The van der Waals surface area contributed by atoms with Crippen molar-refractivity contribution in [3.05, 3.63) is 88.8 Å². The van der Waals surface area contributed by atoms with Gasteiger partial charge in [0.2, 0.25) is 0 Å². The van der Waals surface area contributed by atoms with Crippen LogP contribution in [0.2, 0.25) is 0 Å². The fourth-order valence-corrected chi connectivity index (χ4v) is 2.52. The van der Waals surface area contributed by atoms with E-state index in [2.05, 4.69) is 43.1 Å². The monoisotopic (exact) mass is 305 g/mol. The molecule has 0 radical (unpaired) electrons. The molecule has 0 fully saturated rings. The molecule has 0 saturated carbocycles. The highest BCUT2D eigenvalue weighted by atomic mass is 16.5. The van der Waals surface area contributed by atoms with Crippen LogP contribution in [0.5, 0.6) is 0 Å². The number of cyclic esters (lactones) is 1. The second kappa shape index (κ2) is 6.13. The van der Waals surface area contributed by atoms with Crippen LogP contribution in [0.1, 0.15) is 22.3 Å². The summed E-state index contributed by atoms with van der Waals surface area (Å²) in [5.74, 6) is 0.0166. The van der Waals surface area contributed by atoms with Gasteiger partial charge in [0.25, 0.3) is 0 Å². The van der Waals surface area contributed by atoms with Gasteiger partial charge >= 0.3 is 5.97 Å². The van der Waals surface area contributed by atoms with E-state index in [1.807, 2.05) is 31.2 Å². The Morgan fingerprint density at radius 2 is 1.52 bits per heavy atom. The number of rotatable bonds is 4. The van der Waals surface area contributed by atoms with Crippen LogP contribution in [0.15, 0.2) is 66.6 Å². The molecule has 0 saturated heterocycles. The van der Waals surface area contributed by atoms with Crippen LogP contribution < -0.4 is 5.32 Å². The van der Waals surface area contributed by atoms with Crippen LogP contribution in [0.4, 0.5) is 0 Å². The standard InChI is InChI=1S/C20H19NO2/c1-13-4-8-16(9-5-13)12-21-19-15(3)23-20(22)18(19)17-10-6-14(2)7-11-17/h4-11,21H,3,12H2,1-2H3. The summed E-state index contributed by atoms with van der Waals surface area (Å²) in [5, 5.41) is 3.29. The van der Waals surface area contributed by atoms with E-state index in [1.54, 1.807) is 0 Å². The average molecular weight is 305 g/mol. The molecule has 0 aliphatic carbocycles. The topological polar surface area (TPSA) is 38.3 Å². The first-order valence-corrected chi connectivity index (χ1v) is 7.57. The Kier molecular flexibility index (Phi) is 4.02. The van der Waals surface area contributed by atoms with Crippen LogP contribution in [0, 0.1) is 13.8 Å². The minimum Gasteiger partial charge on any atom is -0.421 e. The minimum atomic E-state index is -0.356. The fourth-order valence-electron chi connectivity index (χ4n) is 2.52. The summed E-state index contributed by atoms with van der Waals surface area (Å²) in [6, 6.07) is 16.1. The van der Waals surface area contributed by atoms with E-state index in [4.69, 9.17) is 4.74 Å². The number of carbonyl (C=O) groups is 1. The second-order valence-electron chi connectivity index (χ2n) is 5.77. The zero-order chi connectivity index (χ0) is 16.4. The van der Waals surface area contributed by atoms with Gasteiger partial charge in [-0.1, -0.05) is 66.2 Å². The quantitative estimate of drug-likeness (QED) is 0.871. The molecule has 0 spiro atoms. The average Bonchev–Trinajstić information content (AvgIpc) is 2.81. The number of carbonyl (C=O) groups excluding carboxylic acids is 1. The van der Waals surface area contributed by atoms with Gasteiger partial charge in [-0.15, -0.1) is 0 Å². The molecule has 3 heteroatoms. The number of esters is 1. The Hall–Kier alpha value is -2.81. The second-order valence-corrected chi connectivity index (χ2v) is 5.77. The summed E-state index contributed by atoms with van der Waals surface area (Å²) in [5.41, 5.74) is 5.55. The molecule has 1 heterocycles. The molecule has 23 heavy (non-hydrogen) atoms. The van der Waals surface area contributed by atoms with Gasteiger partial charge in [0.1, 0.15) is 5.76 Å². The van der Waals surface area contributed by atoms with Crippen LogP contribution in [0.25, 0.3) is 5.57 Å². The minimum absolute atomic E-state index is 0.356. The fraction of sp³-hybridized carbons (Fsp3) is 0.150. The van der Waals surface area contributed by atoms with Gasteiger partial charge in [-0.2, -0.15) is 0 Å². The summed E-state index contributed by atoms with van der Waals surface area (Å²) in [4.78, 5) is 12.2. The Balaban J connectivity index is 1.89. The van der Waals surface area contributed by atoms with Crippen molar-refractivity contribution in [3.8, 4) is 0 Å². The van der Waals surface area contributed by atoms with Gasteiger partial charge < -0.3 is 10.1 Å². The van der Waals surface area contributed by atoms with Crippen LogP contribution in [-0.4, -0.2) is 5.97 Å². The maximum Gasteiger partial charge on any atom is 0.346 e. The van der Waals surface area contributed by atoms with E-state index in [0.29, 0.717) is 23.6 Å². The zero-order valence-corrected chi connectivity index (χ0v) is 13.3. The molecule has 1 N–H and O–H groups in total. The third kappa shape index (κ3) is 3.19. The molecule has 0 amide bonds. The summed E-state index contributed by atoms with van der Waals surface area (Å²) < 4.78 is 5.21. The van der Waals surface area contributed by atoms with E-state index in [1.165, 1.54) is 5.56 Å². The highest BCUT2D eigenvalue weighted by molar-refractivity contribution is 6.20. The first kappa shape index (κ1) is 15.1. The number of aryl methyl sites for hydroxylation is 2. The smallest absolute Gasteiger partial charge is 0.346 e. The maximum absolute atomic E-state index is 12.2. The van der Waals surface area contributed by atoms with Crippen molar-refractivity contribution >= 4 is 11.5 Å². The van der Waals surface area contributed by atoms with E-state index >= 15 is 0 Å². The third-order valence-corrected chi connectivity index (χ3v) is 3.88. The van der Waals surface area contributed by atoms with E-state index < -0.39 is 0 Å². The van der Waals surface area contributed by atoms with Crippen molar-refractivity contribution in [2.24, 2.45) is 0 Å². The van der Waals surface area contributed by atoms with Crippen molar-refractivity contribution in [2.45, 2.75) is 20.4 Å². The van der Waals surface area contributed by atoms with Gasteiger partial charge in [-0.3, -0.25) is 0 Å². The van der Waals surface area contributed by atoms with Crippen molar-refractivity contribution in [3.63, 3.8) is 0 Å². The molecule has 3 rings (SSSR count). The Morgan fingerprint density at radius 1 is 0.957 bits per heavy atom. The lowest BCUT2D eigenvalue weighted by Gasteiger charge is -2.09. The molecular formula is C20H19NO2. The van der Waals surface area contributed by atoms with Gasteiger partial charge in [-0.05, 0) is 25.0 Å². The molecule has 3 nitrogen and oxygen atoms in total. The van der Waals surface area contributed by atoms with Crippen molar-refractivity contribution in [1.29, 1.82) is 0 Å². The normalized spacial score (nSPS) is 14.2. The molecule has 0 bridgehead atoms. The number of ether oxygens (including phenoxy) is 1. The van der Waals surface area contributed by atoms with Crippen LogP contribution >= 0.6 is 0 Å². The molecular weight excluding hydrogens is 286 g/mol. The van der Waals surface area contributed by atoms with Gasteiger partial charge in [0.15, 0.2) is 0 Å². The first-order valence-electron chi connectivity index (χ1n) is 7.57. The Bertz CT molecular complexity index is 783. The lowest BCUT2D eigenvalue weighted by atomic mass is 10.0. The summed E-state index contributed by atoms with van der Waals surface area (Å²) in [7, 11) is 0. The van der Waals surface area contributed by atoms with Gasteiger partial charge in [-0.25, -0.2) is 4.79 Å². The lowest BCUT2D eigenvalue weighted by Crippen LogP contribution is -2.14. The largest absolute Gasteiger partial charge is 0.421 e. The predicted octanol–water partition coefficient (Wildman–Crippen LogP) is 3.87. The molecule has 1 aliphatic heterocycles. The molecule has 0 aromatic heterocycles. The number of hydrogen-bond acceptors (Lipinski definition) is 3. The van der Waals surface area contributed by atoms with Crippen molar-refractivity contribution in [1.82, 2.24) is 5.32 Å². The van der Waals surface area contributed by atoms with E-state index in [-0.39, 0.29) is 5.97 Å². The summed E-state index contributed by atoms with van der Waals surface area (Å²) in [6.07, 6.45) is 0. The maximum atomic E-state index is 12.2. The number of benzene rings is 2. The molecule has 116 valence electrons. The van der Waals surface area contributed by atoms with Crippen molar-refractivity contribution in [2.75, 3.05) is 0 Å². The molecule has 2 aromatic rings. The number of nitrogens with one attached hydrogen (secondary N) is 1. The zero-order valence-electron chi connectivity index (χ0n) is 13.3. The Morgan fingerprint density at radius 3 is 2.13 bits per heavy atom. The SMILES string of the molecule is C=C1OC(=O)C(c2ccc(C)cc2)=C1NCc1ccc(C)cc1.